The number of fused-ring (bicyclic) bond motifs is 10. The lowest BCUT2D eigenvalue weighted by molar-refractivity contribution is 0.0961. The third-order valence-electron chi connectivity index (χ3n) is 10.9. The van der Waals surface area contributed by atoms with Crippen LogP contribution in [0.4, 0.5) is 11.6 Å². The molecule has 16 nitrogen and oxygen atoms in total. The van der Waals surface area contributed by atoms with E-state index in [9.17, 15) is 19.2 Å². The number of anilines is 1. The molecular weight excluding hydrogens is 713 g/mol. The molecule has 0 radical (unpaired) electrons. The molecule has 1 fully saturated rings. The molecule has 2 aliphatic heterocycles. The number of nitrogens with two attached hydrogens (primary N) is 3. The van der Waals surface area contributed by atoms with Crippen LogP contribution in [0.2, 0.25) is 0 Å². The van der Waals surface area contributed by atoms with E-state index in [2.05, 4.69) is 30.4 Å². The van der Waals surface area contributed by atoms with Crippen LogP contribution in [-0.2, 0) is 25.9 Å². The van der Waals surface area contributed by atoms with Gasteiger partial charge in [0.2, 0.25) is 23.7 Å². The summed E-state index contributed by atoms with van der Waals surface area (Å²) in [5.41, 5.74) is 24.1. The maximum atomic E-state index is 14.0. The van der Waals surface area contributed by atoms with Crippen molar-refractivity contribution in [2.24, 2.45) is 28.1 Å². The molecule has 8 rings (SSSR count). The van der Waals surface area contributed by atoms with Gasteiger partial charge in [-0.05, 0) is 120 Å². The van der Waals surface area contributed by atoms with Crippen LogP contribution in [0.1, 0.15) is 122 Å². The number of guanidine groups is 1. The summed E-state index contributed by atoms with van der Waals surface area (Å²) in [5, 5.41) is 15.1. The van der Waals surface area contributed by atoms with Gasteiger partial charge in [0.15, 0.2) is 0 Å². The first-order valence-electron chi connectivity index (χ1n) is 19.2. The van der Waals surface area contributed by atoms with Crippen molar-refractivity contribution in [2.75, 3.05) is 5.32 Å². The Morgan fingerprint density at radius 2 is 1.61 bits per heavy atom. The molecule has 16 heteroatoms. The van der Waals surface area contributed by atoms with E-state index < -0.39 is 17.7 Å². The Morgan fingerprint density at radius 3 is 2.34 bits per heavy atom. The molecule has 0 spiro atoms. The standard InChI is InChI=1S/C40H48N12O4/c1-4-50-34-29(23(3)49-50)8-6-5-7-17-51-33(18-22(2)48-51)37(55)47-40-45-31-21-27(36(42)54)13-16-32(31)52(40)28-14-9-24(10-15-28)19-25-11-12-26(35(41)53)20-30(25)44-39(43)46-38(34)56/h11-13,16,18,20-21,24,28H,4-10,14-15,17,19H2,1-3H3,(H2,41,53)(H2,42,54)(H,45,47,55)(H3,43,44,46,56)/t24-,28-. The van der Waals surface area contributed by atoms with E-state index in [0.29, 0.717) is 60.0 Å². The number of carbonyl (C=O) groups excluding carboxylic acids is 4. The first-order chi connectivity index (χ1) is 26.9. The fraction of sp³-hybridized carbons (Fsp3) is 0.400. The maximum Gasteiger partial charge on any atom is 0.276 e. The Balaban J connectivity index is 1.26. The number of aryl methyl sites for hydroxylation is 4. The third kappa shape index (κ3) is 7.76. The Morgan fingerprint density at radius 1 is 0.875 bits per heavy atom. The van der Waals surface area contributed by atoms with E-state index in [-0.39, 0.29) is 29.4 Å². The molecule has 1 aliphatic carbocycles. The number of amides is 4. The van der Waals surface area contributed by atoms with Crippen molar-refractivity contribution < 1.29 is 19.2 Å². The highest BCUT2D eigenvalue weighted by Crippen LogP contribution is 2.39. The summed E-state index contributed by atoms with van der Waals surface area (Å²) in [6, 6.07) is 12.1. The normalized spacial score (nSPS) is 19.4. The van der Waals surface area contributed by atoms with E-state index in [1.807, 2.05) is 32.9 Å². The number of aromatic nitrogens is 6. The van der Waals surface area contributed by atoms with Gasteiger partial charge < -0.3 is 21.8 Å². The topological polar surface area (TPSA) is 236 Å². The van der Waals surface area contributed by atoms with E-state index in [1.54, 1.807) is 39.7 Å². The smallest absolute Gasteiger partial charge is 0.276 e. The zero-order valence-electron chi connectivity index (χ0n) is 32.0. The lowest BCUT2D eigenvalue weighted by Crippen LogP contribution is -2.38. The van der Waals surface area contributed by atoms with E-state index in [0.717, 1.165) is 73.0 Å². The Kier molecular flexibility index (Phi) is 10.7. The highest BCUT2D eigenvalue weighted by atomic mass is 16.2. The van der Waals surface area contributed by atoms with Crippen molar-refractivity contribution >= 4 is 52.3 Å². The van der Waals surface area contributed by atoms with E-state index >= 15 is 0 Å². The van der Waals surface area contributed by atoms with Crippen LogP contribution < -0.4 is 27.8 Å². The van der Waals surface area contributed by atoms with E-state index in [1.165, 1.54) is 0 Å². The number of nitrogens with one attached hydrogen (secondary N) is 2. The lowest BCUT2D eigenvalue weighted by atomic mass is 9.82. The summed E-state index contributed by atoms with van der Waals surface area (Å²) in [6.07, 6.45) is 6.85. The summed E-state index contributed by atoms with van der Waals surface area (Å²) in [6.45, 7) is 6.68. The SMILES string of the molecule is CCn1nc(C)c2c1C(=O)N/C(N)=N/c1cc(C(N)=O)ccc1C[C@H]1CC[C@@H](CC1)n1c(nc3cc(C(N)=O)ccc31)NC(=O)c1cc(C)nn1CCCCC2. The molecule has 2 bridgehead atoms. The molecule has 0 saturated heterocycles. The van der Waals surface area contributed by atoms with Gasteiger partial charge in [-0.1, -0.05) is 12.5 Å². The summed E-state index contributed by atoms with van der Waals surface area (Å²) in [5.74, 6) is -1.34. The fourth-order valence-corrected chi connectivity index (χ4v) is 8.16. The van der Waals surface area contributed by atoms with Crippen molar-refractivity contribution in [1.82, 2.24) is 34.4 Å². The van der Waals surface area contributed by atoms with Crippen LogP contribution in [0, 0.1) is 19.8 Å². The minimum absolute atomic E-state index is 0.00818. The van der Waals surface area contributed by atoms with Crippen LogP contribution in [0.5, 0.6) is 0 Å². The third-order valence-corrected chi connectivity index (χ3v) is 10.9. The van der Waals surface area contributed by atoms with Gasteiger partial charge >= 0.3 is 0 Å². The number of rotatable bonds is 3. The second-order valence-electron chi connectivity index (χ2n) is 14.8. The number of carbonyl (C=O) groups is 4. The average Bonchev–Trinajstić information content (AvgIpc) is 3.83. The first-order valence-corrected chi connectivity index (χ1v) is 19.2. The molecule has 0 unspecified atom stereocenters. The zero-order valence-corrected chi connectivity index (χ0v) is 32.0. The molecule has 4 amide bonds. The molecule has 3 aromatic heterocycles. The van der Waals surface area contributed by atoms with Crippen LogP contribution >= 0.6 is 0 Å². The Labute approximate surface area is 323 Å². The molecule has 56 heavy (non-hydrogen) atoms. The highest BCUT2D eigenvalue weighted by molar-refractivity contribution is 6.06. The summed E-state index contributed by atoms with van der Waals surface area (Å²) >= 11 is 0. The molecule has 3 aliphatic rings. The fourth-order valence-electron chi connectivity index (χ4n) is 8.16. The van der Waals surface area contributed by atoms with Crippen LogP contribution in [0.25, 0.3) is 11.0 Å². The molecule has 292 valence electrons. The summed E-state index contributed by atoms with van der Waals surface area (Å²) < 4.78 is 5.48. The number of benzene rings is 2. The lowest BCUT2D eigenvalue weighted by Gasteiger charge is -2.31. The van der Waals surface area contributed by atoms with Crippen molar-refractivity contribution in [3.05, 3.63) is 87.5 Å². The molecule has 0 atom stereocenters. The molecule has 5 heterocycles. The number of hydrogen-bond acceptors (Lipinski definition) is 9. The van der Waals surface area contributed by atoms with Gasteiger partial charge in [0.25, 0.3) is 11.8 Å². The molecule has 5 aromatic rings. The quantitative estimate of drug-likeness (QED) is 0.174. The minimum atomic E-state index is -0.597. The Bertz CT molecular complexity index is 2380. The van der Waals surface area contributed by atoms with Crippen molar-refractivity contribution in [1.29, 1.82) is 0 Å². The second kappa shape index (κ2) is 15.8. The minimum Gasteiger partial charge on any atom is -0.369 e. The van der Waals surface area contributed by atoms with Crippen LogP contribution in [-0.4, -0.2) is 58.7 Å². The average molecular weight is 761 g/mol. The Hall–Kier alpha value is -6.32. The molecule has 1 saturated carbocycles. The van der Waals surface area contributed by atoms with Gasteiger partial charge in [-0.15, -0.1) is 0 Å². The van der Waals surface area contributed by atoms with Crippen molar-refractivity contribution in [3.8, 4) is 0 Å². The van der Waals surface area contributed by atoms with Gasteiger partial charge in [0, 0.05) is 35.8 Å². The molecule has 2 aromatic carbocycles. The van der Waals surface area contributed by atoms with Gasteiger partial charge in [0.1, 0.15) is 11.4 Å². The van der Waals surface area contributed by atoms with Gasteiger partial charge in [0.05, 0.1) is 28.1 Å². The number of aliphatic imine (C=N–C) groups is 1. The first kappa shape index (κ1) is 38.0. The second-order valence-corrected chi connectivity index (χ2v) is 14.8. The van der Waals surface area contributed by atoms with Crippen LogP contribution in [0.3, 0.4) is 0 Å². The van der Waals surface area contributed by atoms with Crippen molar-refractivity contribution in [2.45, 2.75) is 97.7 Å². The number of hydrogen-bond donors (Lipinski definition) is 5. The van der Waals surface area contributed by atoms with Crippen molar-refractivity contribution in [3.63, 3.8) is 0 Å². The van der Waals surface area contributed by atoms with Crippen LogP contribution in [0.15, 0.2) is 47.5 Å². The highest BCUT2D eigenvalue weighted by Gasteiger charge is 2.29. The maximum absolute atomic E-state index is 14.0. The predicted molar refractivity (Wildman–Crippen MR) is 212 cm³/mol. The van der Waals surface area contributed by atoms with Gasteiger partial charge in [-0.25, -0.2) is 9.98 Å². The molecule has 8 N–H and O–H groups in total. The zero-order chi connectivity index (χ0) is 39.7. The van der Waals surface area contributed by atoms with Gasteiger partial charge in [-0.3, -0.25) is 39.2 Å². The number of nitrogens with zero attached hydrogens (tertiary/aromatic N) is 7. The largest absolute Gasteiger partial charge is 0.369 e. The summed E-state index contributed by atoms with van der Waals surface area (Å²) in [4.78, 5) is 61.5. The summed E-state index contributed by atoms with van der Waals surface area (Å²) in [7, 11) is 0. The molecular formula is C40H48N12O4. The number of primary amides is 2. The van der Waals surface area contributed by atoms with Gasteiger partial charge in [-0.2, -0.15) is 10.2 Å². The number of imidazole rings is 1. The monoisotopic (exact) mass is 760 g/mol. The predicted octanol–water partition coefficient (Wildman–Crippen LogP) is 4.59. The van der Waals surface area contributed by atoms with E-state index in [4.69, 9.17) is 22.2 Å².